The van der Waals surface area contributed by atoms with Crippen molar-refractivity contribution in [2.75, 3.05) is 13.1 Å². The lowest BCUT2D eigenvalue weighted by molar-refractivity contribution is 0.0487. The van der Waals surface area contributed by atoms with Gasteiger partial charge >= 0.3 is 0 Å². The third kappa shape index (κ3) is 3.25. The monoisotopic (exact) mass is 311 g/mol. The van der Waals surface area contributed by atoms with Crippen LogP contribution in [0.1, 0.15) is 55.5 Å². The molecule has 3 atom stereocenters. The number of nitrogens with zero attached hydrogens (tertiary/aromatic N) is 3. The molecular weight excluding hydrogens is 286 g/mol. The molecule has 4 heteroatoms. The molecule has 0 spiro atoms. The van der Waals surface area contributed by atoms with Gasteiger partial charge in [0.2, 0.25) is 0 Å². The molecule has 0 bridgehead atoms. The van der Waals surface area contributed by atoms with Crippen molar-refractivity contribution in [3.05, 3.63) is 35.4 Å². The topological polar surface area (TPSA) is 47.3 Å². The van der Waals surface area contributed by atoms with Crippen molar-refractivity contribution >= 4 is 5.91 Å². The summed E-state index contributed by atoms with van der Waals surface area (Å²) in [6.45, 7) is 6.29. The fourth-order valence-corrected chi connectivity index (χ4v) is 4.19. The molecule has 0 radical (unpaired) electrons. The summed E-state index contributed by atoms with van der Waals surface area (Å²) >= 11 is 0. The van der Waals surface area contributed by atoms with E-state index in [-0.39, 0.29) is 5.91 Å². The van der Waals surface area contributed by atoms with Gasteiger partial charge in [0.25, 0.3) is 5.91 Å². The van der Waals surface area contributed by atoms with Gasteiger partial charge in [0.05, 0.1) is 11.6 Å². The van der Waals surface area contributed by atoms with Gasteiger partial charge in [-0.15, -0.1) is 0 Å². The maximum absolute atomic E-state index is 12.7. The minimum Gasteiger partial charge on any atom is -0.337 e. The first-order chi connectivity index (χ1) is 11.1. The van der Waals surface area contributed by atoms with E-state index in [1.54, 1.807) is 24.3 Å². The fraction of sp³-hybridized carbons (Fsp3) is 0.579. The second-order valence-corrected chi connectivity index (χ2v) is 6.96. The first-order valence-corrected chi connectivity index (χ1v) is 8.67. The zero-order valence-corrected chi connectivity index (χ0v) is 14.0. The number of benzene rings is 1. The number of piperidine rings is 1. The molecule has 23 heavy (non-hydrogen) atoms. The summed E-state index contributed by atoms with van der Waals surface area (Å²) in [6, 6.07) is 10.8. The number of amides is 1. The summed E-state index contributed by atoms with van der Waals surface area (Å²) in [7, 11) is 0. The Morgan fingerprint density at radius 3 is 2.39 bits per heavy atom. The summed E-state index contributed by atoms with van der Waals surface area (Å²) in [4.78, 5) is 17.4. The molecule has 3 rings (SSSR count). The molecule has 2 heterocycles. The summed E-state index contributed by atoms with van der Waals surface area (Å²) < 4.78 is 0. The van der Waals surface area contributed by atoms with Crippen molar-refractivity contribution in [3.8, 4) is 6.07 Å². The van der Waals surface area contributed by atoms with Crippen LogP contribution in [0.4, 0.5) is 0 Å². The highest BCUT2D eigenvalue weighted by atomic mass is 16.2. The van der Waals surface area contributed by atoms with Crippen LogP contribution < -0.4 is 0 Å². The van der Waals surface area contributed by atoms with Crippen LogP contribution in [0.3, 0.4) is 0 Å². The first kappa shape index (κ1) is 16.0. The maximum atomic E-state index is 12.7. The number of nitriles is 1. The van der Waals surface area contributed by atoms with Crippen LogP contribution in [-0.4, -0.2) is 46.9 Å². The third-order valence-corrected chi connectivity index (χ3v) is 5.39. The highest BCUT2D eigenvalue weighted by Crippen LogP contribution is 2.30. The lowest BCUT2D eigenvalue weighted by atomic mass is 10.0. The minimum atomic E-state index is 0.0960. The number of rotatable bonds is 2. The average molecular weight is 311 g/mol. The Morgan fingerprint density at radius 1 is 1.13 bits per heavy atom. The van der Waals surface area contributed by atoms with Gasteiger partial charge in [0, 0.05) is 36.8 Å². The number of likely N-dealkylation sites (tertiary alicyclic amines) is 2. The van der Waals surface area contributed by atoms with E-state index in [4.69, 9.17) is 5.26 Å². The lowest BCUT2D eigenvalue weighted by Crippen LogP contribution is -2.52. The van der Waals surface area contributed by atoms with Crippen LogP contribution in [-0.2, 0) is 0 Å². The molecule has 0 aliphatic carbocycles. The van der Waals surface area contributed by atoms with Gasteiger partial charge in [0.15, 0.2) is 0 Å². The van der Waals surface area contributed by atoms with Gasteiger partial charge < -0.3 is 4.90 Å². The number of hydrogen-bond acceptors (Lipinski definition) is 3. The van der Waals surface area contributed by atoms with Crippen LogP contribution in [0.2, 0.25) is 0 Å². The van der Waals surface area contributed by atoms with Gasteiger partial charge in [-0.05, 0) is 63.8 Å². The number of carbonyl (C=O) groups is 1. The van der Waals surface area contributed by atoms with Crippen LogP contribution in [0.25, 0.3) is 0 Å². The van der Waals surface area contributed by atoms with Gasteiger partial charge in [-0.2, -0.15) is 5.26 Å². The predicted octanol–water partition coefficient (Wildman–Crippen LogP) is 3.04. The zero-order chi connectivity index (χ0) is 16.4. The molecule has 2 saturated heterocycles. The summed E-state index contributed by atoms with van der Waals surface area (Å²) in [6.07, 6.45) is 4.79. The Kier molecular flexibility index (Phi) is 4.68. The largest absolute Gasteiger partial charge is 0.337 e. The minimum absolute atomic E-state index is 0.0960. The predicted molar refractivity (Wildman–Crippen MR) is 90.1 cm³/mol. The summed E-state index contributed by atoms with van der Waals surface area (Å²) in [5.74, 6) is 0.0960. The molecule has 1 aromatic carbocycles. The Balaban J connectivity index is 1.70. The van der Waals surface area contributed by atoms with E-state index in [0.29, 0.717) is 29.3 Å². The van der Waals surface area contributed by atoms with Crippen LogP contribution >= 0.6 is 0 Å². The SMILES string of the molecule is CC1CCC(C)N1C1CCCN(C(=O)c2ccc(C#N)cc2)C1. The van der Waals surface area contributed by atoms with E-state index < -0.39 is 0 Å². The van der Waals surface area contributed by atoms with E-state index in [2.05, 4.69) is 24.8 Å². The van der Waals surface area contributed by atoms with Crippen LogP contribution in [0.15, 0.2) is 24.3 Å². The van der Waals surface area contributed by atoms with Gasteiger partial charge in [-0.3, -0.25) is 9.69 Å². The van der Waals surface area contributed by atoms with Crippen molar-refractivity contribution in [2.24, 2.45) is 0 Å². The van der Waals surface area contributed by atoms with Gasteiger partial charge in [-0.1, -0.05) is 0 Å². The molecule has 0 N–H and O–H groups in total. The van der Waals surface area contributed by atoms with Gasteiger partial charge in [-0.25, -0.2) is 0 Å². The summed E-state index contributed by atoms with van der Waals surface area (Å²) in [5.41, 5.74) is 1.28. The standard InChI is InChI=1S/C19H25N3O/c1-14-5-6-15(2)22(14)18-4-3-11-21(13-18)19(23)17-9-7-16(12-20)8-10-17/h7-10,14-15,18H,3-6,11,13H2,1-2H3. The molecule has 0 saturated carbocycles. The van der Waals surface area contributed by atoms with Crippen molar-refractivity contribution in [2.45, 2.75) is 57.7 Å². The average Bonchev–Trinajstić information content (AvgIpc) is 2.93. The Labute approximate surface area is 138 Å². The van der Waals surface area contributed by atoms with E-state index in [0.717, 1.165) is 19.5 Å². The Morgan fingerprint density at radius 2 is 1.78 bits per heavy atom. The molecule has 2 fully saturated rings. The zero-order valence-electron chi connectivity index (χ0n) is 14.0. The Bertz CT molecular complexity index is 594. The highest BCUT2D eigenvalue weighted by molar-refractivity contribution is 5.94. The molecular formula is C19H25N3O. The van der Waals surface area contributed by atoms with Gasteiger partial charge in [0.1, 0.15) is 0 Å². The van der Waals surface area contributed by atoms with E-state index in [1.807, 2.05) is 4.90 Å². The quantitative estimate of drug-likeness (QED) is 0.843. The number of carbonyl (C=O) groups excluding carboxylic acids is 1. The smallest absolute Gasteiger partial charge is 0.253 e. The van der Waals surface area contributed by atoms with Crippen LogP contribution in [0.5, 0.6) is 0 Å². The van der Waals surface area contributed by atoms with Crippen LogP contribution in [0, 0.1) is 11.3 Å². The van der Waals surface area contributed by atoms with Crippen molar-refractivity contribution in [1.82, 2.24) is 9.80 Å². The second-order valence-electron chi connectivity index (χ2n) is 6.96. The first-order valence-electron chi connectivity index (χ1n) is 8.67. The fourth-order valence-electron chi connectivity index (χ4n) is 4.19. The van der Waals surface area contributed by atoms with Crippen molar-refractivity contribution in [1.29, 1.82) is 5.26 Å². The maximum Gasteiger partial charge on any atom is 0.253 e. The molecule has 1 amide bonds. The lowest BCUT2D eigenvalue weighted by Gasteiger charge is -2.41. The third-order valence-electron chi connectivity index (χ3n) is 5.39. The van der Waals surface area contributed by atoms with Crippen molar-refractivity contribution < 1.29 is 4.79 Å². The molecule has 3 unspecified atom stereocenters. The highest BCUT2D eigenvalue weighted by Gasteiger charge is 2.36. The number of hydrogen-bond donors (Lipinski definition) is 0. The molecule has 4 nitrogen and oxygen atoms in total. The summed E-state index contributed by atoms with van der Waals surface area (Å²) in [5, 5.41) is 8.87. The second kappa shape index (κ2) is 6.72. The van der Waals surface area contributed by atoms with E-state index in [1.165, 1.54) is 19.3 Å². The van der Waals surface area contributed by atoms with E-state index >= 15 is 0 Å². The molecule has 1 aromatic rings. The van der Waals surface area contributed by atoms with Crippen molar-refractivity contribution in [3.63, 3.8) is 0 Å². The Hall–Kier alpha value is -1.86. The van der Waals surface area contributed by atoms with E-state index in [9.17, 15) is 4.79 Å². The molecule has 122 valence electrons. The molecule has 2 aliphatic rings. The normalized spacial score (nSPS) is 28.6. The molecule has 0 aromatic heterocycles. The molecule has 2 aliphatic heterocycles.